The van der Waals surface area contributed by atoms with Crippen LogP contribution in [0.25, 0.3) is 0 Å². The van der Waals surface area contributed by atoms with Crippen LogP contribution in [0.5, 0.6) is 0 Å². The van der Waals surface area contributed by atoms with Crippen molar-refractivity contribution in [2.24, 2.45) is 11.3 Å². The Morgan fingerprint density at radius 3 is 2.62 bits per heavy atom. The van der Waals surface area contributed by atoms with E-state index in [1.807, 2.05) is 18.2 Å². The molecule has 2 fully saturated rings. The second-order valence-corrected chi connectivity index (χ2v) is 8.15. The highest BCUT2D eigenvalue weighted by atomic mass is 35.5. The zero-order chi connectivity index (χ0) is 19.0. The predicted octanol–water partition coefficient (Wildman–Crippen LogP) is 3.28. The molecule has 0 aromatic carbocycles. The van der Waals surface area contributed by atoms with Gasteiger partial charge in [0, 0.05) is 10.8 Å². The quantitative estimate of drug-likeness (QED) is 0.321. The molecule has 0 saturated heterocycles. The fourth-order valence-electron chi connectivity index (χ4n) is 4.08. The highest BCUT2D eigenvalue weighted by Gasteiger charge is 2.43. The van der Waals surface area contributed by atoms with Crippen LogP contribution in [0.1, 0.15) is 51.4 Å². The minimum absolute atomic E-state index is 0.197. The monoisotopic (exact) mass is 386 g/mol. The molecule has 0 aromatic heterocycles. The van der Waals surface area contributed by atoms with E-state index in [0.29, 0.717) is 25.2 Å². The summed E-state index contributed by atoms with van der Waals surface area (Å²) in [5.74, 6) is -0.675. The molecule has 0 aliphatic heterocycles. The lowest BCUT2D eigenvalue weighted by atomic mass is 9.79. The van der Waals surface area contributed by atoms with Gasteiger partial charge in [0.15, 0.2) is 0 Å². The number of alkyl halides is 1. The molecule has 0 heterocycles. The number of hydrogen-bond acceptors (Lipinski definition) is 4. The van der Waals surface area contributed by atoms with Crippen molar-refractivity contribution in [3.05, 3.63) is 24.3 Å². The van der Waals surface area contributed by atoms with Crippen molar-refractivity contribution in [1.82, 2.24) is 0 Å². The Balaban J connectivity index is 1.95. The molecule has 2 aliphatic carbocycles. The summed E-state index contributed by atoms with van der Waals surface area (Å²) in [6.45, 7) is -0.0912. The number of allylic oxidation sites excluding steroid dienone is 2. The third-order valence-electron chi connectivity index (χ3n) is 5.58. The maximum Gasteiger partial charge on any atom is 0.329 e. The summed E-state index contributed by atoms with van der Waals surface area (Å²) in [7, 11) is 0. The van der Waals surface area contributed by atoms with E-state index in [4.69, 9.17) is 21.4 Å². The van der Waals surface area contributed by atoms with Gasteiger partial charge in [-0.25, -0.2) is 4.79 Å². The van der Waals surface area contributed by atoms with E-state index in [1.54, 1.807) is 6.08 Å². The number of aliphatic carboxylic acids is 1. The van der Waals surface area contributed by atoms with E-state index in [0.717, 1.165) is 12.8 Å². The molecule has 26 heavy (non-hydrogen) atoms. The summed E-state index contributed by atoms with van der Waals surface area (Å²) in [5, 5.41) is 28.9. The lowest BCUT2D eigenvalue weighted by molar-refractivity contribution is -0.141. The van der Waals surface area contributed by atoms with E-state index in [2.05, 4.69) is 0 Å². The number of carboxylic acid groups (broad SMARTS) is 1. The molecule has 4 atom stereocenters. The third-order valence-corrected chi connectivity index (χ3v) is 6.19. The van der Waals surface area contributed by atoms with E-state index in [1.165, 1.54) is 19.3 Å². The van der Waals surface area contributed by atoms with Gasteiger partial charge in [0.1, 0.15) is 6.61 Å². The van der Waals surface area contributed by atoms with Crippen LogP contribution in [0, 0.1) is 11.3 Å². The van der Waals surface area contributed by atoms with E-state index in [-0.39, 0.29) is 24.0 Å². The molecule has 3 N–H and O–H groups in total. The van der Waals surface area contributed by atoms with Crippen molar-refractivity contribution in [3.63, 3.8) is 0 Å². The second kappa shape index (κ2) is 10.5. The number of aliphatic hydroxyl groups excluding tert-OH is 2. The first-order valence-electron chi connectivity index (χ1n) is 9.57. The zero-order valence-corrected chi connectivity index (χ0v) is 16.0. The first kappa shape index (κ1) is 21.4. The van der Waals surface area contributed by atoms with Crippen LogP contribution in [-0.4, -0.2) is 52.1 Å². The van der Waals surface area contributed by atoms with E-state index < -0.39 is 18.2 Å². The van der Waals surface area contributed by atoms with Crippen molar-refractivity contribution in [2.45, 2.75) is 69.0 Å². The molecule has 2 aliphatic rings. The molecule has 2 saturated carbocycles. The molecule has 148 valence electrons. The van der Waals surface area contributed by atoms with Gasteiger partial charge in [-0.2, -0.15) is 0 Å². The number of carboxylic acids is 1. The second-order valence-electron chi connectivity index (χ2n) is 7.63. The van der Waals surface area contributed by atoms with Crippen molar-refractivity contribution in [3.8, 4) is 0 Å². The Bertz CT molecular complexity index is 500. The summed E-state index contributed by atoms with van der Waals surface area (Å²) < 4.78 is 4.99. The lowest BCUT2D eigenvalue weighted by Crippen LogP contribution is -2.26. The van der Waals surface area contributed by atoms with Gasteiger partial charge in [0.05, 0.1) is 18.8 Å². The molecule has 0 bridgehead atoms. The summed E-state index contributed by atoms with van der Waals surface area (Å²) in [6.07, 6.45) is 14.1. The van der Waals surface area contributed by atoms with Crippen LogP contribution < -0.4 is 0 Å². The fraction of sp³-hybridized carbons (Fsp3) is 0.750. The topological polar surface area (TPSA) is 87.0 Å². The van der Waals surface area contributed by atoms with Crippen molar-refractivity contribution >= 4 is 17.6 Å². The van der Waals surface area contributed by atoms with Gasteiger partial charge in [-0.05, 0) is 38.0 Å². The first-order chi connectivity index (χ1) is 12.4. The highest BCUT2D eigenvalue weighted by molar-refractivity contribution is 6.21. The molecule has 0 radical (unpaired) electrons. The van der Waals surface area contributed by atoms with Gasteiger partial charge in [-0.3, -0.25) is 0 Å². The first-order valence-corrected chi connectivity index (χ1v) is 10.0. The number of hydrogen-bond donors (Lipinski definition) is 3. The molecule has 0 aromatic rings. The molecular formula is C20H31ClO5. The zero-order valence-electron chi connectivity index (χ0n) is 15.2. The van der Waals surface area contributed by atoms with Crippen LogP contribution in [0.4, 0.5) is 0 Å². The molecule has 0 amide bonds. The smallest absolute Gasteiger partial charge is 0.329 e. The summed E-state index contributed by atoms with van der Waals surface area (Å²) in [6, 6.07) is 0. The fourth-order valence-corrected chi connectivity index (χ4v) is 4.54. The number of rotatable bonds is 9. The van der Waals surface area contributed by atoms with Gasteiger partial charge in [0.25, 0.3) is 0 Å². The van der Waals surface area contributed by atoms with E-state index in [9.17, 15) is 15.0 Å². The largest absolute Gasteiger partial charge is 0.480 e. The number of aliphatic hydroxyl groups is 2. The van der Waals surface area contributed by atoms with Crippen LogP contribution in [0.2, 0.25) is 0 Å². The summed E-state index contributed by atoms with van der Waals surface area (Å²) in [5.41, 5.74) is -0.389. The van der Waals surface area contributed by atoms with Crippen LogP contribution in [0.15, 0.2) is 24.3 Å². The van der Waals surface area contributed by atoms with Crippen LogP contribution in [0.3, 0.4) is 0 Å². The predicted molar refractivity (Wildman–Crippen MR) is 101 cm³/mol. The van der Waals surface area contributed by atoms with E-state index >= 15 is 0 Å². The van der Waals surface area contributed by atoms with Crippen molar-refractivity contribution in [2.75, 3.05) is 13.2 Å². The minimum Gasteiger partial charge on any atom is -0.480 e. The Labute approximate surface area is 160 Å². The molecular weight excluding hydrogens is 356 g/mol. The number of ether oxygens (including phenoxy) is 1. The minimum atomic E-state index is -0.991. The van der Waals surface area contributed by atoms with Gasteiger partial charge in [0.2, 0.25) is 0 Å². The van der Waals surface area contributed by atoms with Crippen LogP contribution in [-0.2, 0) is 9.53 Å². The van der Waals surface area contributed by atoms with Gasteiger partial charge in [-0.15, -0.1) is 11.6 Å². The third kappa shape index (κ3) is 6.38. The summed E-state index contributed by atoms with van der Waals surface area (Å²) in [4.78, 5) is 10.4. The standard InChI is InChI=1S/C20H31ClO5/c21-18-12-16(22)13-20(18,9-4-5-11-26-14-19(24)25)10-8-17(23)15-6-2-1-3-7-15/h4-5,8,10,15-18,22-23H,1-3,6-7,9,11-14H2,(H,24,25)/b5-4-,10-8?/t16-,17-,18-,20?/m1/s1. The van der Waals surface area contributed by atoms with Gasteiger partial charge >= 0.3 is 5.97 Å². The van der Waals surface area contributed by atoms with Gasteiger partial charge in [-0.1, -0.05) is 43.6 Å². The molecule has 5 nitrogen and oxygen atoms in total. The Morgan fingerprint density at radius 1 is 1.27 bits per heavy atom. The maximum absolute atomic E-state index is 10.5. The summed E-state index contributed by atoms with van der Waals surface area (Å²) >= 11 is 6.55. The molecule has 6 heteroatoms. The van der Waals surface area contributed by atoms with Crippen molar-refractivity contribution < 1.29 is 24.9 Å². The Kier molecular flexibility index (Phi) is 8.61. The molecule has 2 rings (SSSR count). The average molecular weight is 387 g/mol. The van der Waals surface area contributed by atoms with Gasteiger partial charge < -0.3 is 20.1 Å². The molecule has 1 unspecified atom stereocenters. The lowest BCUT2D eigenvalue weighted by Gasteiger charge is -2.30. The average Bonchev–Trinajstić information content (AvgIpc) is 2.90. The highest BCUT2D eigenvalue weighted by Crippen LogP contribution is 2.46. The van der Waals surface area contributed by atoms with Crippen LogP contribution >= 0.6 is 11.6 Å². The Hall–Kier alpha value is -0.880. The maximum atomic E-state index is 10.5. The number of halogens is 1. The molecule has 0 spiro atoms. The Morgan fingerprint density at radius 2 is 2.00 bits per heavy atom. The SMILES string of the molecule is O=C(O)COC/C=C\CC1(C=C[C@@H](O)C2CCCCC2)C[C@H](O)C[C@H]1Cl. The van der Waals surface area contributed by atoms with Crippen molar-refractivity contribution in [1.29, 1.82) is 0 Å². The normalized spacial score (nSPS) is 31.8. The number of carbonyl (C=O) groups is 1.